The van der Waals surface area contributed by atoms with Crippen LogP contribution in [0, 0.1) is 5.82 Å². The number of hydrogen-bond acceptors (Lipinski definition) is 5. The average Bonchev–Trinajstić information content (AvgIpc) is 3.19. The Morgan fingerprint density at radius 1 is 1.24 bits per heavy atom. The molecule has 3 aromatic rings. The van der Waals surface area contributed by atoms with Gasteiger partial charge in [-0.3, -0.25) is 15.0 Å². The third kappa shape index (κ3) is 2.98. The molecule has 1 aliphatic heterocycles. The molecular weight excluding hydrogens is 361 g/mol. The summed E-state index contributed by atoms with van der Waals surface area (Å²) in [6, 6.07) is 13.4. The number of nitrogens with zero attached hydrogens (tertiary/aromatic N) is 2. The number of halogens is 1. The highest BCUT2D eigenvalue weighted by Gasteiger charge is 2.35. The highest BCUT2D eigenvalue weighted by molar-refractivity contribution is 8.00. The van der Waals surface area contributed by atoms with E-state index in [2.05, 4.69) is 9.80 Å². The SMILES string of the molecule is O=C(NN1C(=O)CSC1c1cccc(F)c1)c1nsc2ccccc12. The van der Waals surface area contributed by atoms with Gasteiger partial charge in [0.25, 0.3) is 11.8 Å². The van der Waals surface area contributed by atoms with Crippen LogP contribution in [0.1, 0.15) is 21.4 Å². The van der Waals surface area contributed by atoms with E-state index in [1.807, 2.05) is 24.3 Å². The molecule has 0 aliphatic carbocycles. The van der Waals surface area contributed by atoms with Crippen molar-refractivity contribution >= 4 is 45.2 Å². The Labute approximate surface area is 151 Å². The van der Waals surface area contributed by atoms with Crippen LogP contribution in [-0.2, 0) is 4.79 Å². The zero-order chi connectivity index (χ0) is 17.4. The molecule has 5 nitrogen and oxygen atoms in total. The van der Waals surface area contributed by atoms with Crippen molar-refractivity contribution in [2.45, 2.75) is 5.37 Å². The Hall–Kier alpha value is -2.45. The molecule has 8 heteroatoms. The van der Waals surface area contributed by atoms with Gasteiger partial charge in [-0.05, 0) is 35.3 Å². The first-order chi connectivity index (χ1) is 12.1. The van der Waals surface area contributed by atoms with Crippen molar-refractivity contribution in [3.63, 3.8) is 0 Å². The minimum Gasteiger partial charge on any atom is -0.272 e. The molecule has 25 heavy (non-hydrogen) atoms. The number of hydrazine groups is 1. The van der Waals surface area contributed by atoms with E-state index in [1.54, 1.807) is 12.1 Å². The summed E-state index contributed by atoms with van der Waals surface area (Å²) < 4.78 is 18.6. The van der Waals surface area contributed by atoms with Crippen molar-refractivity contribution < 1.29 is 14.0 Å². The third-order valence-electron chi connectivity index (χ3n) is 3.82. The van der Waals surface area contributed by atoms with E-state index < -0.39 is 11.3 Å². The van der Waals surface area contributed by atoms with Crippen LogP contribution in [0.5, 0.6) is 0 Å². The van der Waals surface area contributed by atoms with Crippen LogP contribution in [0.4, 0.5) is 4.39 Å². The van der Waals surface area contributed by atoms with Gasteiger partial charge >= 0.3 is 0 Å². The van der Waals surface area contributed by atoms with Crippen molar-refractivity contribution in [1.29, 1.82) is 0 Å². The summed E-state index contributed by atoms with van der Waals surface area (Å²) in [4.78, 5) is 24.8. The number of fused-ring (bicyclic) bond motifs is 1. The smallest absolute Gasteiger partial charge is 0.272 e. The maximum absolute atomic E-state index is 13.5. The van der Waals surface area contributed by atoms with E-state index in [-0.39, 0.29) is 23.2 Å². The minimum absolute atomic E-state index is 0.222. The lowest BCUT2D eigenvalue weighted by Crippen LogP contribution is -2.44. The summed E-state index contributed by atoms with van der Waals surface area (Å²) in [7, 11) is 0. The van der Waals surface area contributed by atoms with Gasteiger partial charge in [0.1, 0.15) is 11.2 Å². The number of benzene rings is 2. The molecule has 1 N–H and O–H groups in total. The van der Waals surface area contributed by atoms with Crippen LogP contribution in [0.15, 0.2) is 48.5 Å². The quantitative estimate of drug-likeness (QED) is 0.765. The molecule has 1 saturated heterocycles. The number of thioether (sulfide) groups is 1. The molecule has 1 aliphatic rings. The van der Waals surface area contributed by atoms with Crippen LogP contribution in [-0.4, -0.2) is 26.9 Å². The van der Waals surface area contributed by atoms with Gasteiger partial charge < -0.3 is 0 Å². The molecule has 2 aromatic carbocycles. The zero-order valence-electron chi connectivity index (χ0n) is 12.8. The number of carbonyl (C=O) groups excluding carboxylic acids is 2. The fourth-order valence-corrected chi connectivity index (χ4v) is 4.53. The molecule has 4 rings (SSSR count). The maximum Gasteiger partial charge on any atom is 0.290 e. The predicted octanol–water partition coefficient (Wildman–Crippen LogP) is 3.35. The molecule has 126 valence electrons. The summed E-state index contributed by atoms with van der Waals surface area (Å²) >= 11 is 2.57. The Morgan fingerprint density at radius 2 is 2.08 bits per heavy atom. The first-order valence-electron chi connectivity index (χ1n) is 7.48. The lowest BCUT2D eigenvalue weighted by molar-refractivity contribution is -0.130. The summed E-state index contributed by atoms with van der Waals surface area (Å²) in [5.74, 6) is -0.838. The third-order valence-corrected chi connectivity index (χ3v) is 5.86. The summed E-state index contributed by atoms with van der Waals surface area (Å²) in [5.41, 5.74) is 3.54. The number of carbonyl (C=O) groups is 2. The molecule has 0 spiro atoms. The fraction of sp³-hybridized carbons (Fsp3) is 0.118. The van der Waals surface area contributed by atoms with Crippen LogP contribution in [0.3, 0.4) is 0 Å². The average molecular weight is 373 g/mol. The van der Waals surface area contributed by atoms with Crippen molar-refractivity contribution in [2.75, 3.05) is 5.75 Å². The van der Waals surface area contributed by atoms with Crippen LogP contribution >= 0.6 is 23.3 Å². The molecule has 1 aromatic heterocycles. The summed E-state index contributed by atoms with van der Waals surface area (Å²) in [6.07, 6.45) is 0. The van der Waals surface area contributed by atoms with Crippen molar-refractivity contribution in [2.24, 2.45) is 0 Å². The second kappa shape index (κ2) is 6.45. The zero-order valence-corrected chi connectivity index (χ0v) is 14.4. The summed E-state index contributed by atoms with van der Waals surface area (Å²) in [6.45, 7) is 0. The molecule has 0 bridgehead atoms. The normalized spacial score (nSPS) is 17.2. The van der Waals surface area contributed by atoms with Gasteiger partial charge in [0.05, 0.1) is 10.5 Å². The molecule has 1 atom stereocenters. The highest BCUT2D eigenvalue weighted by Crippen LogP contribution is 2.37. The van der Waals surface area contributed by atoms with E-state index in [9.17, 15) is 14.0 Å². The van der Waals surface area contributed by atoms with E-state index in [4.69, 9.17) is 0 Å². The monoisotopic (exact) mass is 373 g/mol. The largest absolute Gasteiger partial charge is 0.290 e. The molecule has 2 heterocycles. The lowest BCUT2D eigenvalue weighted by atomic mass is 10.2. The van der Waals surface area contributed by atoms with Gasteiger partial charge in [0, 0.05) is 5.39 Å². The van der Waals surface area contributed by atoms with Crippen molar-refractivity contribution in [3.8, 4) is 0 Å². The molecule has 0 saturated carbocycles. The maximum atomic E-state index is 13.5. The standard InChI is InChI=1S/C17H12FN3O2S2/c18-11-5-3-4-10(8-11)17-21(14(22)9-24-17)19-16(23)15-12-6-1-2-7-13(12)25-20-15/h1-8,17H,9H2,(H,19,23). The topological polar surface area (TPSA) is 62.3 Å². The Morgan fingerprint density at radius 3 is 2.92 bits per heavy atom. The number of nitrogens with one attached hydrogen (secondary N) is 1. The minimum atomic E-state index is -0.461. The second-order valence-electron chi connectivity index (χ2n) is 5.45. The molecular formula is C17H12FN3O2S2. The Kier molecular flexibility index (Phi) is 4.14. The number of hydrogen-bond donors (Lipinski definition) is 1. The Balaban J connectivity index is 1.61. The van der Waals surface area contributed by atoms with E-state index in [0.29, 0.717) is 5.56 Å². The summed E-state index contributed by atoms with van der Waals surface area (Å²) in [5, 5.41) is 1.54. The first kappa shape index (κ1) is 16.0. The van der Waals surface area contributed by atoms with Gasteiger partial charge in [0.15, 0.2) is 5.69 Å². The van der Waals surface area contributed by atoms with Gasteiger partial charge in [-0.2, -0.15) is 4.37 Å². The van der Waals surface area contributed by atoms with Crippen LogP contribution in [0.2, 0.25) is 0 Å². The van der Waals surface area contributed by atoms with E-state index >= 15 is 0 Å². The van der Waals surface area contributed by atoms with Gasteiger partial charge in [-0.1, -0.05) is 30.3 Å². The van der Waals surface area contributed by atoms with E-state index in [1.165, 1.54) is 40.4 Å². The van der Waals surface area contributed by atoms with Crippen LogP contribution in [0.25, 0.3) is 10.1 Å². The van der Waals surface area contributed by atoms with Crippen molar-refractivity contribution in [3.05, 3.63) is 65.6 Å². The number of rotatable bonds is 3. The molecule has 1 fully saturated rings. The van der Waals surface area contributed by atoms with Crippen LogP contribution < -0.4 is 5.43 Å². The lowest BCUT2D eigenvalue weighted by Gasteiger charge is -2.24. The molecule has 2 amide bonds. The second-order valence-corrected chi connectivity index (χ2v) is 7.32. The fourth-order valence-electron chi connectivity index (χ4n) is 2.66. The first-order valence-corrected chi connectivity index (χ1v) is 9.30. The van der Waals surface area contributed by atoms with Crippen molar-refractivity contribution in [1.82, 2.24) is 14.8 Å². The number of amides is 2. The number of aromatic nitrogens is 1. The predicted molar refractivity (Wildman–Crippen MR) is 95.5 cm³/mol. The highest BCUT2D eigenvalue weighted by atomic mass is 32.2. The molecule has 0 radical (unpaired) electrons. The van der Waals surface area contributed by atoms with Gasteiger partial charge in [-0.15, -0.1) is 11.8 Å². The van der Waals surface area contributed by atoms with Gasteiger partial charge in [-0.25, -0.2) is 9.40 Å². The Bertz CT molecular complexity index is 975. The van der Waals surface area contributed by atoms with E-state index in [0.717, 1.165) is 10.1 Å². The molecule has 1 unspecified atom stereocenters. The van der Waals surface area contributed by atoms with Gasteiger partial charge in [0.2, 0.25) is 0 Å².